The standard InChI is InChI=1S/C27H28Cl2N4O4/c1-5-23(34)32-18-10-8-7-9-17(18)31-22-12-19-15(14-30-22)11-16(27(35)33(19)6-2)24-25(28)20(36-3)13-21(37-4)26(24)29/h1,11-14,17-18H,6-10H2,2-4H3,(H,30,31)(H,32,34). The van der Waals surface area contributed by atoms with E-state index in [4.69, 9.17) is 39.1 Å². The van der Waals surface area contributed by atoms with Gasteiger partial charge in [0.1, 0.15) is 17.3 Å². The third-order valence-corrected chi connectivity index (χ3v) is 7.43. The van der Waals surface area contributed by atoms with Gasteiger partial charge in [-0.2, -0.15) is 0 Å². The third kappa shape index (κ3) is 5.20. The van der Waals surface area contributed by atoms with Gasteiger partial charge in [-0.05, 0) is 31.8 Å². The molecule has 0 saturated heterocycles. The smallest absolute Gasteiger partial charge is 0.295 e. The van der Waals surface area contributed by atoms with Crippen molar-refractivity contribution in [3.8, 4) is 35.0 Å². The van der Waals surface area contributed by atoms with E-state index in [0.717, 1.165) is 31.1 Å². The molecule has 37 heavy (non-hydrogen) atoms. The molecule has 2 unspecified atom stereocenters. The maximum atomic E-state index is 13.7. The predicted octanol–water partition coefficient (Wildman–Crippen LogP) is 4.88. The summed E-state index contributed by atoms with van der Waals surface area (Å²) in [5.74, 6) is 2.98. The van der Waals surface area contributed by atoms with E-state index < -0.39 is 5.91 Å². The van der Waals surface area contributed by atoms with Crippen LogP contribution >= 0.6 is 23.2 Å². The fourth-order valence-electron chi connectivity index (χ4n) is 4.84. The number of fused-ring (bicyclic) bond motifs is 1. The topological polar surface area (TPSA) is 94.5 Å². The van der Waals surface area contributed by atoms with E-state index in [1.54, 1.807) is 22.9 Å². The highest BCUT2D eigenvalue weighted by molar-refractivity contribution is 6.41. The Balaban J connectivity index is 1.79. The number of methoxy groups -OCH3 is 2. The molecular weight excluding hydrogens is 515 g/mol. The second-order valence-electron chi connectivity index (χ2n) is 8.78. The zero-order valence-corrected chi connectivity index (χ0v) is 22.4. The molecule has 0 spiro atoms. The molecule has 2 heterocycles. The molecule has 1 amide bonds. The first kappa shape index (κ1) is 26.6. The van der Waals surface area contributed by atoms with Gasteiger partial charge in [-0.1, -0.05) is 36.0 Å². The number of carbonyl (C=O) groups is 1. The quantitative estimate of drug-likeness (QED) is 0.413. The summed E-state index contributed by atoms with van der Waals surface area (Å²) < 4.78 is 12.4. The number of benzene rings is 1. The summed E-state index contributed by atoms with van der Waals surface area (Å²) in [5, 5.41) is 7.50. The zero-order valence-electron chi connectivity index (χ0n) is 20.9. The highest BCUT2D eigenvalue weighted by Crippen LogP contribution is 2.45. The number of anilines is 1. The molecule has 2 atom stereocenters. The van der Waals surface area contributed by atoms with Gasteiger partial charge in [-0.25, -0.2) is 4.98 Å². The predicted molar refractivity (Wildman–Crippen MR) is 147 cm³/mol. The van der Waals surface area contributed by atoms with Crippen LogP contribution in [0.1, 0.15) is 32.6 Å². The van der Waals surface area contributed by atoms with Crippen molar-refractivity contribution in [3.63, 3.8) is 0 Å². The molecule has 1 aromatic carbocycles. The van der Waals surface area contributed by atoms with Gasteiger partial charge in [-0.3, -0.25) is 9.59 Å². The van der Waals surface area contributed by atoms with Crippen LogP contribution in [0.2, 0.25) is 10.0 Å². The Morgan fingerprint density at radius 3 is 2.38 bits per heavy atom. The minimum absolute atomic E-state index is 0.0288. The highest BCUT2D eigenvalue weighted by Gasteiger charge is 2.27. The number of hydrogen-bond donors (Lipinski definition) is 2. The van der Waals surface area contributed by atoms with Gasteiger partial charge in [0.15, 0.2) is 0 Å². The molecule has 3 aromatic rings. The van der Waals surface area contributed by atoms with Crippen LogP contribution in [-0.4, -0.2) is 41.8 Å². The number of rotatable bonds is 7. The number of carbonyl (C=O) groups excluding carboxylic acids is 1. The lowest BCUT2D eigenvalue weighted by Crippen LogP contribution is -2.48. The molecule has 0 bridgehead atoms. The van der Waals surface area contributed by atoms with Crippen molar-refractivity contribution in [3.05, 3.63) is 44.8 Å². The largest absolute Gasteiger partial charge is 0.495 e. The maximum Gasteiger partial charge on any atom is 0.295 e. The summed E-state index contributed by atoms with van der Waals surface area (Å²) >= 11 is 13.2. The lowest BCUT2D eigenvalue weighted by atomic mass is 9.90. The molecule has 10 heteroatoms. The van der Waals surface area contributed by atoms with Gasteiger partial charge in [-0.15, -0.1) is 6.42 Å². The third-order valence-electron chi connectivity index (χ3n) is 6.68. The number of terminal acetylenes is 1. The lowest BCUT2D eigenvalue weighted by Gasteiger charge is -2.32. The molecule has 4 rings (SSSR count). The molecule has 194 valence electrons. The minimum atomic E-state index is -0.427. The fraction of sp³-hybridized carbons (Fsp3) is 0.370. The van der Waals surface area contributed by atoms with Gasteiger partial charge in [0.2, 0.25) is 0 Å². The van der Waals surface area contributed by atoms with E-state index in [1.807, 2.05) is 13.0 Å². The Labute approximate surface area is 225 Å². The van der Waals surface area contributed by atoms with E-state index in [-0.39, 0.29) is 27.7 Å². The van der Waals surface area contributed by atoms with Crippen molar-refractivity contribution in [1.29, 1.82) is 0 Å². The van der Waals surface area contributed by atoms with Crippen molar-refractivity contribution in [1.82, 2.24) is 14.9 Å². The van der Waals surface area contributed by atoms with Crippen molar-refractivity contribution < 1.29 is 14.3 Å². The minimum Gasteiger partial charge on any atom is -0.495 e. The highest BCUT2D eigenvalue weighted by atomic mass is 35.5. The number of halogens is 2. The second kappa shape index (κ2) is 11.3. The molecule has 2 N–H and O–H groups in total. The SMILES string of the molecule is C#CC(=O)NC1CCCCC1Nc1cc2c(cn1)cc(-c1c(Cl)c(OC)cc(OC)c1Cl)c(=O)n2CC. The zero-order chi connectivity index (χ0) is 26.7. The molecule has 1 aliphatic carbocycles. The first-order chi connectivity index (χ1) is 17.8. The van der Waals surface area contributed by atoms with E-state index in [0.29, 0.717) is 40.5 Å². The van der Waals surface area contributed by atoms with Crippen LogP contribution in [0.3, 0.4) is 0 Å². The van der Waals surface area contributed by atoms with Crippen LogP contribution in [0.5, 0.6) is 11.5 Å². The molecular formula is C27H28Cl2N4O4. The van der Waals surface area contributed by atoms with Crippen LogP contribution in [0.4, 0.5) is 5.82 Å². The number of amides is 1. The Morgan fingerprint density at radius 1 is 1.14 bits per heavy atom. The van der Waals surface area contributed by atoms with E-state index in [9.17, 15) is 9.59 Å². The number of hydrogen-bond acceptors (Lipinski definition) is 6. The van der Waals surface area contributed by atoms with Crippen molar-refractivity contribution in [2.75, 3.05) is 19.5 Å². The molecule has 1 fully saturated rings. The fourth-order valence-corrected chi connectivity index (χ4v) is 5.55. The van der Waals surface area contributed by atoms with Crippen LogP contribution in [0.25, 0.3) is 22.0 Å². The first-order valence-corrected chi connectivity index (χ1v) is 12.8. The van der Waals surface area contributed by atoms with Gasteiger partial charge in [0.05, 0.1) is 35.3 Å². The van der Waals surface area contributed by atoms with Gasteiger partial charge >= 0.3 is 0 Å². The molecule has 1 saturated carbocycles. The Bertz CT molecular complexity index is 1420. The first-order valence-electron chi connectivity index (χ1n) is 12.0. The van der Waals surface area contributed by atoms with Crippen LogP contribution in [-0.2, 0) is 11.3 Å². The van der Waals surface area contributed by atoms with Crippen molar-refractivity contribution in [2.24, 2.45) is 0 Å². The van der Waals surface area contributed by atoms with E-state index in [2.05, 4.69) is 21.5 Å². The van der Waals surface area contributed by atoms with E-state index >= 15 is 0 Å². The van der Waals surface area contributed by atoms with Crippen molar-refractivity contribution in [2.45, 2.75) is 51.2 Å². The van der Waals surface area contributed by atoms with Gasteiger partial charge < -0.3 is 24.7 Å². The summed E-state index contributed by atoms with van der Waals surface area (Å²) in [6, 6.07) is 5.02. The number of aromatic nitrogens is 2. The number of pyridine rings is 2. The lowest BCUT2D eigenvalue weighted by molar-refractivity contribution is -0.116. The number of nitrogens with one attached hydrogen (secondary N) is 2. The number of aryl methyl sites for hydroxylation is 1. The molecule has 8 nitrogen and oxygen atoms in total. The van der Waals surface area contributed by atoms with Crippen LogP contribution in [0.15, 0.2) is 29.2 Å². The van der Waals surface area contributed by atoms with Gasteiger partial charge in [0, 0.05) is 47.9 Å². The summed E-state index contributed by atoms with van der Waals surface area (Å²) in [7, 11) is 2.96. The van der Waals surface area contributed by atoms with Crippen molar-refractivity contribution >= 4 is 45.8 Å². The second-order valence-corrected chi connectivity index (χ2v) is 9.54. The molecule has 2 aromatic heterocycles. The van der Waals surface area contributed by atoms with Crippen LogP contribution in [0, 0.1) is 12.3 Å². The summed E-state index contributed by atoms with van der Waals surface area (Å²) in [6.07, 6.45) is 10.7. The Hall–Kier alpha value is -3.41. The number of nitrogens with zero attached hydrogens (tertiary/aromatic N) is 2. The van der Waals surface area contributed by atoms with Gasteiger partial charge in [0.25, 0.3) is 11.5 Å². The van der Waals surface area contributed by atoms with E-state index in [1.165, 1.54) is 14.2 Å². The Morgan fingerprint density at radius 2 is 1.78 bits per heavy atom. The molecule has 0 aliphatic heterocycles. The normalized spacial score (nSPS) is 17.2. The summed E-state index contributed by atoms with van der Waals surface area (Å²) in [4.78, 5) is 30.1. The molecule has 1 aliphatic rings. The van der Waals surface area contributed by atoms with Crippen LogP contribution < -0.4 is 25.7 Å². The molecule has 0 radical (unpaired) electrons. The Kier molecular flexibility index (Phi) is 8.16. The number of ether oxygens (including phenoxy) is 2. The monoisotopic (exact) mass is 542 g/mol. The average Bonchev–Trinajstić information content (AvgIpc) is 2.90. The summed E-state index contributed by atoms with van der Waals surface area (Å²) in [5.41, 5.74) is 1.09. The maximum absolute atomic E-state index is 13.7. The average molecular weight is 543 g/mol. The summed E-state index contributed by atoms with van der Waals surface area (Å²) in [6.45, 7) is 2.30.